The number of benzene rings is 1. The van der Waals surface area contributed by atoms with E-state index in [1.165, 1.54) is 0 Å². The summed E-state index contributed by atoms with van der Waals surface area (Å²) in [5.41, 5.74) is 1.93. The molecule has 0 aliphatic rings. The highest BCUT2D eigenvalue weighted by atomic mass is 79.9. The van der Waals surface area contributed by atoms with Crippen LogP contribution in [0.1, 0.15) is 11.3 Å². The van der Waals surface area contributed by atoms with Crippen LogP contribution in [0, 0.1) is 11.3 Å². The molecule has 2 rings (SSSR count). The Bertz CT molecular complexity index is 630. The predicted molar refractivity (Wildman–Crippen MR) is 73.5 cm³/mol. The minimum absolute atomic E-state index is 0.170. The van der Waals surface area contributed by atoms with Gasteiger partial charge in [-0.15, -0.1) is 0 Å². The van der Waals surface area contributed by atoms with E-state index >= 15 is 0 Å². The number of phenols is 1. The first-order valence-electron chi connectivity index (χ1n) is 5.22. The predicted octanol–water partition coefficient (Wildman–Crippen LogP) is 3.61. The number of allylic oxidation sites excluding steroid dienone is 1. The molecule has 0 aliphatic carbocycles. The molecular formula is C14H9BrN2O. The van der Waals surface area contributed by atoms with E-state index < -0.39 is 0 Å². The van der Waals surface area contributed by atoms with Gasteiger partial charge in [0.25, 0.3) is 0 Å². The number of rotatable bonds is 2. The average molecular weight is 301 g/mol. The van der Waals surface area contributed by atoms with E-state index in [0.717, 1.165) is 5.56 Å². The molecule has 0 spiro atoms. The lowest BCUT2D eigenvalue weighted by atomic mass is 10.1. The van der Waals surface area contributed by atoms with Crippen molar-refractivity contribution >= 4 is 27.6 Å². The summed E-state index contributed by atoms with van der Waals surface area (Å²) >= 11 is 3.24. The number of nitrogens with zero attached hydrogens (tertiary/aromatic N) is 2. The summed E-state index contributed by atoms with van der Waals surface area (Å²) < 4.78 is 0.592. The Kier molecular flexibility index (Phi) is 3.75. The number of hydrogen-bond donors (Lipinski definition) is 1. The normalized spacial score (nSPS) is 11.0. The molecule has 88 valence electrons. The maximum atomic E-state index is 9.41. The Morgan fingerprint density at radius 2 is 2.17 bits per heavy atom. The van der Waals surface area contributed by atoms with E-state index in [-0.39, 0.29) is 5.75 Å². The summed E-state index contributed by atoms with van der Waals surface area (Å²) in [6, 6.07) is 12.6. The molecule has 18 heavy (non-hydrogen) atoms. The number of nitriles is 1. The lowest BCUT2D eigenvalue weighted by Gasteiger charge is -2.00. The zero-order chi connectivity index (χ0) is 13.0. The maximum Gasteiger partial charge on any atom is 0.129 e. The molecule has 4 heteroatoms. The first kappa shape index (κ1) is 12.3. The van der Waals surface area contributed by atoms with E-state index in [2.05, 4.69) is 27.0 Å². The van der Waals surface area contributed by atoms with Crippen molar-refractivity contribution < 1.29 is 5.11 Å². The van der Waals surface area contributed by atoms with Crippen molar-refractivity contribution in [2.45, 2.75) is 0 Å². The summed E-state index contributed by atoms with van der Waals surface area (Å²) in [5.74, 6) is 0.170. The summed E-state index contributed by atoms with van der Waals surface area (Å²) in [6.45, 7) is 0. The summed E-state index contributed by atoms with van der Waals surface area (Å²) in [7, 11) is 0. The molecule has 1 heterocycles. The van der Waals surface area contributed by atoms with Gasteiger partial charge in [-0.25, -0.2) is 0 Å². The number of halogens is 1. The van der Waals surface area contributed by atoms with Gasteiger partial charge in [0.05, 0.1) is 15.7 Å². The van der Waals surface area contributed by atoms with E-state index in [9.17, 15) is 5.11 Å². The van der Waals surface area contributed by atoms with Crippen LogP contribution in [0.4, 0.5) is 0 Å². The van der Waals surface area contributed by atoms with Gasteiger partial charge in [0.2, 0.25) is 0 Å². The Morgan fingerprint density at radius 1 is 1.33 bits per heavy atom. The molecule has 0 atom stereocenters. The minimum atomic E-state index is 0.170. The molecule has 0 saturated heterocycles. The number of aromatic nitrogens is 1. The van der Waals surface area contributed by atoms with E-state index in [0.29, 0.717) is 15.7 Å². The second kappa shape index (κ2) is 5.48. The summed E-state index contributed by atoms with van der Waals surface area (Å²) in [4.78, 5) is 4.13. The van der Waals surface area contributed by atoms with Gasteiger partial charge in [-0.05, 0) is 51.8 Å². The smallest absolute Gasteiger partial charge is 0.129 e. The highest BCUT2D eigenvalue weighted by molar-refractivity contribution is 9.10. The van der Waals surface area contributed by atoms with Gasteiger partial charge in [0.15, 0.2) is 0 Å². The van der Waals surface area contributed by atoms with Crippen LogP contribution in [0.2, 0.25) is 0 Å². The molecule has 0 aliphatic heterocycles. The molecule has 0 bridgehead atoms. The SMILES string of the molecule is N#CC(=Cc1ccc(O)c(Br)c1)c1ccccn1. The molecule has 2 aromatic rings. The Labute approximate surface area is 113 Å². The zero-order valence-corrected chi connectivity index (χ0v) is 10.9. The fourth-order valence-corrected chi connectivity index (χ4v) is 1.86. The molecule has 0 saturated carbocycles. The van der Waals surface area contributed by atoms with Gasteiger partial charge < -0.3 is 5.11 Å². The summed E-state index contributed by atoms with van der Waals surface area (Å²) in [6.07, 6.45) is 3.37. The lowest BCUT2D eigenvalue weighted by molar-refractivity contribution is 0.472. The van der Waals surface area contributed by atoms with Gasteiger partial charge in [-0.3, -0.25) is 4.98 Å². The van der Waals surface area contributed by atoms with Crippen LogP contribution in [-0.2, 0) is 0 Å². The molecule has 3 nitrogen and oxygen atoms in total. The number of hydrogen-bond acceptors (Lipinski definition) is 3. The fraction of sp³-hybridized carbons (Fsp3) is 0. The first-order chi connectivity index (χ1) is 8.70. The third-order valence-corrected chi connectivity index (χ3v) is 2.98. The second-order valence-corrected chi connectivity index (χ2v) is 4.45. The first-order valence-corrected chi connectivity index (χ1v) is 6.02. The van der Waals surface area contributed by atoms with Crippen molar-refractivity contribution in [3.05, 3.63) is 58.3 Å². The molecule has 0 radical (unpaired) electrons. The molecule has 0 unspecified atom stereocenters. The van der Waals surface area contributed by atoms with Crippen LogP contribution < -0.4 is 0 Å². The van der Waals surface area contributed by atoms with Gasteiger partial charge >= 0.3 is 0 Å². The van der Waals surface area contributed by atoms with E-state index in [4.69, 9.17) is 5.26 Å². The van der Waals surface area contributed by atoms with Gasteiger partial charge in [0.1, 0.15) is 11.8 Å². The maximum absolute atomic E-state index is 9.41. The second-order valence-electron chi connectivity index (χ2n) is 3.60. The van der Waals surface area contributed by atoms with Crippen molar-refractivity contribution in [2.75, 3.05) is 0 Å². The van der Waals surface area contributed by atoms with Crippen LogP contribution in [0.15, 0.2) is 47.1 Å². The Balaban J connectivity index is 2.42. The molecule has 0 fully saturated rings. The lowest BCUT2D eigenvalue weighted by Crippen LogP contribution is -1.85. The van der Waals surface area contributed by atoms with Crippen LogP contribution in [0.3, 0.4) is 0 Å². The highest BCUT2D eigenvalue weighted by Gasteiger charge is 2.03. The third-order valence-electron chi connectivity index (χ3n) is 2.34. The van der Waals surface area contributed by atoms with Gasteiger partial charge in [0, 0.05) is 6.20 Å². The Morgan fingerprint density at radius 3 is 2.78 bits per heavy atom. The molecule has 0 amide bonds. The quantitative estimate of drug-likeness (QED) is 0.862. The average Bonchev–Trinajstić information content (AvgIpc) is 2.41. The van der Waals surface area contributed by atoms with Crippen LogP contribution in [0.25, 0.3) is 11.6 Å². The van der Waals surface area contributed by atoms with E-state index in [1.54, 1.807) is 42.6 Å². The van der Waals surface area contributed by atoms with Crippen molar-refractivity contribution in [3.63, 3.8) is 0 Å². The molecule has 1 aromatic carbocycles. The van der Waals surface area contributed by atoms with Gasteiger partial charge in [-0.2, -0.15) is 5.26 Å². The standard InChI is InChI=1S/C14H9BrN2O/c15-12-8-10(4-5-14(12)18)7-11(9-16)13-3-1-2-6-17-13/h1-8,18H. The molecule has 1 aromatic heterocycles. The van der Waals surface area contributed by atoms with Crippen LogP contribution in [-0.4, -0.2) is 10.1 Å². The van der Waals surface area contributed by atoms with Crippen LogP contribution in [0.5, 0.6) is 5.75 Å². The third kappa shape index (κ3) is 2.76. The van der Waals surface area contributed by atoms with Gasteiger partial charge in [-0.1, -0.05) is 12.1 Å². The number of aromatic hydroxyl groups is 1. The van der Waals surface area contributed by atoms with Crippen molar-refractivity contribution in [1.29, 1.82) is 5.26 Å². The molecular weight excluding hydrogens is 292 g/mol. The monoisotopic (exact) mass is 300 g/mol. The molecule has 1 N–H and O–H groups in total. The summed E-state index contributed by atoms with van der Waals surface area (Å²) in [5, 5.41) is 18.6. The zero-order valence-electron chi connectivity index (χ0n) is 9.34. The topological polar surface area (TPSA) is 56.9 Å². The van der Waals surface area contributed by atoms with Crippen LogP contribution >= 0.6 is 15.9 Å². The number of phenolic OH excluding ortho intramolecular Hbond substituents is 1. The van der Waals surface area contributed by atoms with Crippen molar-refractivity contribution in [3.8, 4) is 11.8 Å². The highest BCUT2D eigenvalue weighted by Crippen LogP contribution is 2.26. The van der Waals surface area contributed by atoms with Crippen molar-refractivity contribution in [1.82, 2.24) is 4.98 Å². The Hall–Kier alpha value is -2.12. The van der Waals surface area contributed by atoms with E-state index in [1.807, 2.05) is 6.07 Å². The fourth-order valence-electron chi connectivity index (χ4n) is 1.47. The minimum Gasteiger partial charge on any atom is -0.507 e. The largest absolute Gasteiger partial charge is 0.507 e. The van der Waals surface area contributed by atoms with Crippen molar-refractivity contribution in [2.24, 2.45) is 0 Å². The number of pyridine rings is 1.